The number of unbranched alkanes of at least 4 members (excludes halogenated alkanes) is 1. The molecule has 1 saturated heterocycles. The van der Waals surface area contributed by atoms with Crippen molar-refractivity contribution < 1.29 is 8.42 Å². The molecule has 0 aliphatic carbocycles. The molecule has 0 aromatic carbocycles. The van der Waals surface area contributed by atoms with Crippen LogP contribution in [0.3, 0.4) is 0 Å². The molecule has 0 aromatic heterocycles. The van der Waals surface area contributed by atoms with Crippen molar-refractivity contribution in [3.8, 4) is 0 Å². The largest absolute Gasteiger partial charge is 0.279 e. The summed E-state index contributed by atoms with van der Waals surface area (Å²) in [6, 6.07) is 0. The van der Waals surface area contributed by atoms with E-state index in [2.05, 4.69) is 27.3 Å². The molecule has 0 atom stereocenters. The molecule has 0 bridgehead atoms. The molecule has 0 saturated carbocycles. The van der Waals surface area contributed by atoms with Crippen molar-refractivity contribution in [2.45, 2.75) is 38.5 Å². The summed E-state index contributed by atoms with van der Waals surface area (Å²) >= 11 is 2.31. The maximum absolute atomic E-state index is 11.9. The zero-order valence-electron chi connectivity index (χ0n) is 9.62. The minimum atomic E-state index is -3.21. The number of hydrogen-bond donors (Lipinski definition) is 1. The highest BCUT2D eigenvalue weighted by molar-refractivity contribution is 14.1. The number of alkyl halides is 1. The van der Waals surface area contributed by atoms with Gasteiger partial charge in [-0.2, -0.15) is 12.7 Å². The summed E-state index contributed by atoms with van der Waals surface area (Å²) in [5.74, 6) is 0. The average Bonchev–Trinajstić information content (AvgIpc) is 2.53. The molecule has 96 valence electrons. The van der Waals surface area contributed by atoms with Crippen molar-refractivity contribution in [2.24, 2.45) is 0 Å². The summed E-state index contributed by atoms with van der Waals surface area (Å²) in [4.78, 5) is 0. The number of halogens is 1. The fourth-order valence-corrected chi connectivity index (χ4v) is 3.66. The van der Waals surface area contributed by atoms with E-state index in [4.69, 9.17) is 0 Å². The number of nitrogens with one attached hydrogen (secondary N) is 1. The summed E-state index contributed by atoms with van der Waals surface area (Å²) in [5.41, 5.74) is 0. The number of hydrogen-bond acceptors (Lipinski definition) is 2. The first kappa shape index (κ1) is 14.7. The number of nitrogens with zero attached hydrogens (tertiary/aromatic N) is 1. The van der Waals surface area contributed by atoms with E-state index in [1.807, 2.05) is 0 Å². The van der Waals surface area contributed by atoms with Gasteiger partial charge in [-0.25, -0.2) is 4.72 Å². The Labute approximate surface area is 112 Å². The van der Waals surface area contributed by atoms with Gasteiger partial charge in [0.2, 0.25) is 0 Å². The summed E-state index contributed by atoms with van der Waals surface area (Å²) in [5, 5.41) is 0. The average molecular weight is 360 g/mol. The first-order chi connectivity index (χ1) is 7.67. The van der Waals surface area contributed by atoms with Gasteiger partial charge in [-0.15, -0.1) is 0 Å². The van der Waals surface area contributed by atoms with Crippen molar-refractivity contribution in [3.05, 3.63) is 0 Å². The van der Waals surface area contributed by atoms with Gasteiger partial charge < -0.3 is 0 Å². The molecule has 0 amide bonds. The van der Waals surface area contributed by atoms with E-state index in [0.29, 0.717) is 19.6 Å². The van der Waals surface area contributed by atoms with Crippen molar-refractivity contribution in [1.29, 1.82) is 0 Å². The summed E-state index contributed by atoms with van der Waals surface area (Å²) in [7, 11) is -3.21. The Balaban J connectivity index is 2.36. The smallest absolute Gasteiger partial charge is 0.202 e. The quantitative estimate of drug-likeness (QED) is 0.447. The molecule has 4 nitrogen and oxygen atoms in total. The molecule has 1 heterocycles. The maximum Gasteiger partial charge on any atom is 0.279 e. The van der Waals surface area contributed by atoms with Crippen LogP contribution in [0.15, 0.2) is 0 Å². The van der Waals surface area contributed by atoms with E-state index in [-0.39, 0.29) is 0 Å². The van der Waals surface area contributed by atoms with Gasteiger partial charge in [-0.05, 0) is 30.1 Å². The molecule has 0 spiro atoms. The Morgan fingerprint density at radius 1 is 1.06 bits per heavy atom. The fraction of sp³-hybridized carbons (Fsp3) is 1.00. The van der Waals surface area contributed by atoms with Crippen LogP contribution < -0.4 is 4.72 Å². The first-order valence-electron chi connectivity index (χ1n) is 5.97. The van der Waals surface area contributed by atoms with E-state index >= 15 is 0 Å². The molecule has 0 radical (unpaired) electrons. The molecule has 16 heavy (non-hydrogen) atoms. The van der Waals surface area contributed by atoms with Gasteiger partial charge in [0.25, 0.3) is 10.2 Å². The third-order valence-corrected chi connectivity index (χ3v) is 5.13. The van der Waals surface area contributed by atoms with Crippen molar-refractivity contribution in [3.63, 3.8) is 0 Å². The lowest BCUT2D eigenvalue weighted by Gasteiger charge is -2.20. The van der Waals surface area contributed by atoms with Crippen LogP contribution in [0, 0.1) is 0 Å². The van der Waals surface area contributed by atoms with E-state index in [1.165, 1.54) is 0 Å². The standard InChI is InChI=1S/C10H21IN2O2S/c11-7-3-4-8-12-16(14,15)13-9-5-1-2-6-10-13/h12H,1-10H2. The van der Waals surface area contributed by atoms with Gasteiger partial charge in [0.1, 0.15) is 0 Å². The van der Waals surface area contributed by atoms with Crippen LogP contribution >= 0.6 is 22.6 Å². The summed E-state index contributed by atoms with van der Waals surface area (Å²) in [6.45, 7) is 1.94. The van der Waals surface area contributed by atoms with Crippen LogP contribution in [0.25, 0.3) is 0 Å². The van der Waals surface area contributed by atoms with Crippen molar-refractivity contribution >= 4 is 32.8 Å². The van der Waals surface area contributed by atoms with Crippen LogP contribution in [0.5, 0.6) is 0 Å². The maximum atomic E-state index is 11.9. The molecular weight excluding hydrogens is 339 g/mol. The Morgan fingerprint density at radius 2 is 1.69 bits per heavy atom. The normalized spacial score (nSPS) is 19.6. The highest BCUT2D eigenvalue weighted by atomic mass is 127. The molecule has 1 N–H and O–H groups in total. The van der Waals surface area contributed by atoms with Gasteiger partial charge in [-0.1, -0.05) is 35.4 Å². The summed E-state index contributed by atoms with van der Waals surface area (Å²) < 4.78 is 29.2. The zero-order valence-corrected chi connectivity index (χ0v) is 12.6. The fourth-order valence-electron chi connectivity index (χ4n) is 1.79. The number of rotatable bonds is 6. The van der Waals surface area contributed by atoms with Crippen LogP contribution in [0.4, 0.5) is 0 Å². The van der Waals surface area contributed by atoms with Gasteiger partial charge in [-0.3, -0.25) is 0 Å². The zero-order chi connectivity index (χ0) is 11.9. The van der Waals surface area contributed by atoms with Crippen molar-refractivity contribution in [1.82, 2.24) is 9.03 Å². The minimum Gasteiger partial charge on any atom is -0.202 e. The Morgan fingerprint density at radius 3 is 2.25 bits per heavy atom. The van der Waals surface area contributed by atoms with E-state index in [0.717, 1.165) is 43.0 Å². The highest BCUT2D eigenvalue weighted by Crippen LogP contribution is 2.12. The third kappa shape index (κ3) is 5.29. The predicted molar refractivity (Wildman–Crippen MR) is 75.1 cm³/mol. The molecule has 1 rings (SSSR count). The van der Waals surface area contributed by atoms with E-state index in [1.54, 1.807) is 4.31 Å². The lowest BCUT2D eigenvalue weighted by molar-refractivity contribution is 0.414. The SMILES string of the molecule is O=S(=O)(NCCCCI)N1CCCCCC1. The topological polar surface area (TPSA) is 49.4 Å². The van der Waals surface area contributed by atoms with E-state index < -0.39 is 10.2 Å². The van der Waals surface area contributed by atoms with Gasteiger partial charge in [0.15, 0.2) is 0 Å². The monoisotopic (exact) mass is 360 g/mol. The van der Waals surface area contributed by atoms with Crippen LogP contribution in [0.2, 0.25) is 0 Å². The van der Waals surface area contributed by atoms with Gasteiger partial charge in [0, 0.05) is 19.6 Å². The lowest BCUT2D eigenvalue weighted by Crippen LogP contribution is -2.41. The van der Waals surface area contributed by atoms with Crippen LogP contribution in [0.1, 0.15) is 38.5 Å². The van der Waals surface area contributed by atoms with Gasteiger partial charge >= 0.3 is 0 Å². The molecule has 1 aliphatic heterocycles. The summed E-state index contributed by atoms with van der Waals surface area (Å²) in [6.07, 6.45) is 6.30. The molecule has 0 unspecified atom stereocenters. The Kier molecular flexibility index (Phi) is 7.18. The van der Waals surface area contributed by atoms with Crippen molar-refractivity contribution in [2.75, 3.05) is 24.1 Å². The van der Waals surface area contributed by atoms with Crippen LogP contribution in [-0.2, 0) is 10.2 Å². The van der Waals surface area contributed by atoms with E-state index in [9.17, 15) is 8.42 Å². The molecular formula is C10H21IN2O2S. The Bertz CT molecular complexity index is 275. The minimum absolute atomic E-state index is 0.571. The van der Waals surface area contributed by atoms with Crippen LogP contribution in [-0.4, -0.2) is 36.8 Å². The lowest BCUT2D eigenvalue weighted by atomic mass is 10.2. The first-order valence-corrected chi connectivity index (χ1v) is 8.94. The molecule has 1 aliphatic rings. The molecule has 6 heteroatoms. The second-order valence-corrected chi connectivity index (χ2v) is 6.94. The second kappa shape index (κ2) is 7.84. The highest BCUT2D eigenvalue weighted by Gasteiger charge is 2.21. The molecule has 0 aromatic rings. The van der Waals surface area contributed by atoms with Gasteiger partial charge in [0.05, 0.1) is 0 Å². The predicted octanol–water partition coefficient (Wildman–Crippen LogP) is 1.91. The second-order valence-electron chi connectivity index (χ2n) is 4.11. The Hall–Kier alpha value is 0.600. The third-order valence-electron chi connectivity index (χ3n) is 2.75. The molecule has 1 fully saturated rings.